The van der Waals surface area contributed by atoms with Crippen LogP contribution in [0.2, 0.25) is 0 Å². The number of carbonyl (C=O) groups excluding carboxylic acids is 1. The Kier molecular flexibility index (Phi) is 4.04. The Bertz CT molecular complexity index is 368. The van der Waals surface area contributed by atoms with Crippen LogP contribution in [0.3, 0.4) is 0 Å². The minimum atomic E-state index is -3.25. The van der Waals surface area contributed by atoms with E-state index in [2.05, 4.69) is 5.32 Å². The molecule has 2 aliphatic heterocycles. The number of likely N-dealkylation sites (tertiary alicyclic amines) is 1. The molecule has 0 saturated carbocycles. The van der Waals surface area contributed by atoms with E-state index in [4.69, 9.17) is 0 Å². The zero-order chi connectivity index (χ0) is 12.3. The summed E-state index contributed by atoms with van der Waals surface area (Å²) in [7, 11) is -3.25. The van der Waals surface area contributed by atoms with Crippen LogP contribution in [0.25, 0.3) is 0 Å². The lowest BCUT2D eigenvalue weighted by molar-refractivity contribution is -0.127. The second-order valence-corrected chi connectivity index (χ2v) is 7.13. The van der Waals surface area contributed by atoms with Gasteiger partial charge >= 0.3 is 0 Å². The third-order valence-corrected chi connectivity index (χ3v) is 5.71. The van der Waals surface area contributed by atoms with E-state index in [0.717, 1.165) is 39.0 Å². The van der Waals surface area contributed by atoms with E-state index < -0.39 is 9.84 Å². The molecule has 0 aromatic carbocycles. The van der Waals surface area contributed by atoms with Crippen LogP contribution in [0.4, 0.5) is 0 Å². The monoisotopic (exact) mass is 260 g/mol. The molecule has 5 nitrogen and oxygen atoms in total. The molecule has 2 heterocycles. The molecule has 2 aliphatic rings. The van der Waals surface area contributed by atoms with Gasteiger partial charge in [-0.3, -0.25) is 4.79 Å². The van der Waals surface area contributed by atoms with Crippen LogP contribution < -0.4 is 5.32 Å². The first-order valence-electron chi connectivity index (χ1n) is 6.30. The van der Waals surface area contributed by atoms with Gasteiger partial charge in [0.1, 0.15) is 5.75 Å². The molecule has 0 atom stereocenters. The quantitative estimate of drug-likeness (QED) is 0.761. The van der Waals surface area contributed by atoms with Crippen molar-refractivity contribution >= 4 is 15.7 Å². The molecule has 0 aromatic heterocycles. The lowest BCUT2D eigenvalue weighted by Gasteiger charge is -2.23. The zero-order valence-corrected chi connectivity index (χ0v) is 10.8. The summed E-state index contributed by atoms with van der Waals surface area (Å²) in [4.78, 5) is 13.5. The summed E-state index contributed by atoms with van der Waals surface area (Å²) >= 11 is 0. The second kappa shape index (κ2) is 5.35. The number of piperidine rings is 1. The van der Waals surface area contributed by atoms with Gasteiger partial charge in [-0.05, 0) is 38.8 Å². The molecule has 6 heteroatoms. The van der Waals surface area contributed by atoms with Crippen LogP contribution in [-0.2, 0) is 14.6 Å². The normalized spacial score (nSPS) is 22.9. The fourth-order valence-corrected chi connectivity index (χ4v) is 4.22. The maximum atomic E-state index is 12.1. The van der Waals surface area contributed by atoms with E-state index in [9.17, 15) is 13.2 Å². The highest BCUT2D eigenvalue weighted by molar-refractivity contribution is 7.92. The molecule has 1 N–H and O–H groups in total. The maximum Gasteiger partial charge on any atom is 0.237 e. The van der Waals surface area contributed by atoms with Crippen LogP contribution in [0.1, 0.15) is 25.7 Å². The summed E-state index contributed by atoms with van der Waals surface area (Å²) in [6.07, 6.45) is 3.27. The largest absolute Gasteiger partial charge is 0.342 e. The number of nitrogens with one attached hydrogen (secondary N) is 1. The first-order chi connectivity index (χ1) is 8.09. The Morgan fingerprint density at radius 3 is 2.35 bits per heavy atom. The minimum absolute atomic E-state index is 0.207. The van der Waals surface area contributed by atoms with Crippen LogP contribution in [0.15, 0.2) is 0 Å². The highest BCUT2D eigenvalue weighted by Gasteiger charge is 2.31. The highest BCUT2D eigenvalue weighted by Crippen LogP contribution is 2.16. The number of rotatable bonds is 3. The van der Waals surface area contributed by atoms with Gasteiger partial charge in [0.25, 0.3) is 0 Å². The predicted molar refractivity (Wildman–Crippen MR) is 65.5 cm³/mol. The van der Waals surface area contributed by atoms with Crippen molar-refractivity contribution in [1.82, 2.24) is 10.2 Å². The highest BCUT2D eigenvalue weighted by atomic mass is 32.2. The molecule has 0 aromatic rings. The molecule has 2 fully saturated rings. The van der Waals surface area contributed by atoms with Gasteiger partial charge in [0.15, 0.2) is 9.84 Å². The first-order valence-corrected chi connectivity index (χ1v) is 8.01. The Balaban J connectivity index is 1.93. The molecule has 0 spiro atoms. The van der Waals surface area contributed by atoms with Crippen LogP contribution in [0.5, 0.6) is 0 Å². The number of carbonyl (C=O) groups is 1. The Labute approximate surface area is 102 Å². The molecule has 17 heavy (non-hydrogen) atoms. The van der Waals surface area contributed by atoms with E-state index in [1.54, 1.807) is 4.90 Å². The summed E-state index contributed by atoms with van der Waals surface area (Å²) < 4.78 is 24.2. The van der Waals surface area contributed by atoms with E-state index in [0.29, 0.717) is 12.8 Å². The second-order valence-electron chi connectivity index (χ2n) is 4.84. The van der Waals surface area contributed by atoms with Crippen molar-refractivity contribution in [2.75, 3.05) is 31.9 Å². The smallest absolute Gasteiger partial charge is 0.237 e. The van der Waals surface area contributed by atoms with Crippen LogP contribution in [0, 0.1) is 0 Å². The molecule has 2 rings (SSSR count). The van der Waals surface area contributed by atoms with E-state index in [1.165, 1.54) is 0 Å². The minimum Gasteiger partial charge on any atom is -0.342 e. The molecular formula is C11H20N2O3S. The number of amides is 1. The third kappa shape index (κ3) is 3.19. The number of hydrogen-bond donors (Lipinski definition) is 1. The van der Waals surface area contributed by atoms with Crippen molar-refractivity contribution in [3.05, 3.63) is 0 Å². The molecule has 0 unspecified atom stereocenters. The maximum absolute atomic E-state index is 12.1. The number of sulfone groups is 1. The summed E-state index contributed by atoms with van der Waals surface area (Å²) in [5.74, 6) is -0.501. The van der Waals surface area contributed by atoms with Crippen molar-refractivity contribution in [3.8, 4) is 0 Å². The van der Waals surface area contributed by atoms with Crippen molar-refractivity contribution < 1.29 is 13.2 Å². The van der Waals surface area contributed by atoms with E-state index >= 15 is 0 Å². The first kappa shape index (κ1) is 12.8. The molecule has 0 aliphatic carbocycles. The predicted octanol–water partition coefficient (Wildman–Crippen LogP) is -0.224. The molecule has 0 bridgehead atoms. The Morgan fingerprint density at radius 1 is 1.18 bits per heavy atom. The lowest BCUT2D eigenvalue weighted by atomic mass is 10.2. The van der Waals surface area contributed by atoms with Crippen molar-refractivity contribution in [2.24, 2.45) is 0 Å². The fraction of sp³-hybridized carbons (Fsp3) is 0.909. The zero-order valence-electron chi connectivity index (χ0n) is 10.0. The summed E-state index contributed by atoms with van der Waals surface area (Å²) in [5, 5.41) is 2.81. The summed E-state index contributed by atoms with van der Waals surface area (Å²) in [6, 6.07) is 0. The average molecular weight is 260 g/mol. The molecule has 98 valence electrons. The fourth-order valence-electron chi connectivity index (χ4n) is 2.50. The van der Waals surface area contributed by atoms with Crippen LogP contribution >= 0.6 is 0 Å². The molecule has 2 saturated heterocycles. The van der Waals surface area contributed by atoms with Gasteiger partial charge in [-0.25, -0.2) is 8.42 Å². The Hall–Kier alpha value is -0.620. The summed E-state index contributed by atoms with van der Waals surface area (Å²) in [5.41, 5.74) is 0. The van der Waals surface area contributed by atoms with Crippen molar-refractivity contribution in [2.45, 2.75) is 30.9 Å². The number of hydrogen-bond acceptors (Lipinski definition) is 4. The standard InChI is InChI=1S/C11H20N2O3S/c14-11(13-7-1-2-8-13)9-17(15,16)10-3-5-12-6-4-10/h10,12H,1-9H2. The lowest BCUT2D eigenvalue weighted by Crippen LogP contribution is -2.41. The van der Waals surface area contributed by atoms with Crippen LogP contribution in [-0.4, -0.2) is 56.4 Å². The van der Waals surface area contributed by atoms with E-state index in [1.807, 2.05) is 0 Å². The number of nitrogens with zero attached hydrogens (tertiary/aromatic N) is 1. The molecule has 1 amide bonds. The van der Waals surface area contributed by atoms with E-state index in [-0.39, 0.29) is 16.9 Å². The van der Waals surface area contributed by atoms with Crippen molar-refractivity contribution in [3.63, 3.8) is 0 Å². The van der Waals surface area contributed by atoms with Gasteiger partial charge in [0.05, 0.1) is 5.25 Å². The van der Waals surface area contributed by atoms with Gasteiger partial charge in [0.2, 0.25) is 5.91 Å². The summed E-state index contributed by atoms with van der Waals surface area (Å²) in [6.45, 7) is 2.92. The average Bonchev–Trinajstić information content (AvgIpc) is 2.83. The van der Waals surface area contributed by atoms with Crippen molar-refractivity contribution in [1.29, 1.82) is 0 Å². The third-order valence-electron chi connectivity index (χ3n) is 3.58. The van der Waals surface area contributed by atoms with Gasteiger partial charge in [-0.2, -0.15) is 0 Å². The Morgan fingerprint density at radius 2 is 1.76 bits per heavy atom. The van der Waals surface area contributed by atoms with Gasteiger partial charge in [0, 0.05) is 13.1 Å². The topological polar surface area (TPSA) is 66.5 Å². The molecule has 0 radical (unpaired) electrons. The van der Waals surface area contributed by atoms with Gasteiger partial charge in [-0.15, -0.1) is 0 Å². The SMILES string of the molecule is O=C(CS(=O)(=O)C1CCNCC1)N1CCCC1. The molecular weight excluding hydrogens is 240 g/mol. The van der Waals surface area contributed by atoms with Gasteiger partial charge in [-0.1, -0.05) is 0 Å². The van der Waals surface area contributed by atoms with Gasteiger partial charge < -0.3 is 10.2 Å².